The van der Waals surface area contributed by atoms with Crippen LogP contribution < -0.4 is 4.87 Å². The number of nitrogens with zero attached hydrogens (tertiary/aromatic N) is 3. The second-order valence-electron chi connectivity index (χ2n) is 11.7. The van der Waals surface area contributed by atoms with Crippen molar-refractivity contribution in [3.63, 3.8) is 0 Å². The molecule has 1 atom stereocenters. The minimum absolute atomic E-state index is 0.0408. The molecule has 0 aliphatic heterocycles. The van der Waals surface area contributed by atoms with Gasteiger partial charge in [-0.2, -0.15) is 0 Å². The molecule has 10 nitrogen and oxygen atoms in total. The van der Waals surface area contributed by atoms with Gasteiger partial charge in [0, 0.05) is 38.6 Å². The molecule has 0 fully saturated rings. The highest BCUT2D eigenvalue weighted by Crippen LogP contribution is 2.34. The second kappa shape index (κ2) is 18.3. The SMILES string of the molecule is CCN(CC)CCN(CCN(CC(Cc1ccccc1)c1ccc(O)c2[nH]c(=O)sc12)C(=O)O)C(=O)CCOCCc1cccc(F)c1. The Morgan fingerprint density at radius 3 is 2.33 bits per heavy atom. The molecule has 4 rings (SSSR count). The van der Waals surface area contributed by atoms with Crippen LogP contribution in [0.3, 0.4) is 0 Å². The molecule has 1 heterocycles. The molecule has 1 unspecified atom stereocenters. The van der Waals surface area contributed by atoms with Crippen molar-refractivity contribution in [2.45, 2.75) is 39.0 Å². The predicted molar refractivity (Wildman–Crippen MR) is 187 cm³/mol. The number of aromatic amines is 1. The summed E-state index contributed by atoms with van der Waals surface area (Å²) in [5.41, 5.74) is 2.94. The number of ether oxygens (including phenoxy) is 1. The fraction of sp³-hybridized carbons (Fsp3) is 0.417. The maximum atomic E-state index is 13.5. The van der Waals surface area contributed by atoms with Crippen molar-refractivity contribution in [3.05, 3.63) is 98.9 Å². The van der Waals surface area contributed by atoms with Gasteiger partial charge in [-0.15, -0.1) is 0 Å². The van der Waals surface area contributed by atoms with Crippen LogP contribution in [0.15, 0.2) is 71.5 Å². The summed E-state index contributed by atoms with van der Waals surface area (Å²) in [6.45, 7) is 7.85. The van der Waals surface area contributed by atoms with Gasteiger partial charge in [0.05, 0.1) is 24.3 Å². The number of carbonyl (C=O) groups is 2. The summed E-state index contributed by atoms with van der Waals surface area (Å²) >= 11 is 0.990. The number of phenolic OH excluding ortho intramolecular Hbond substituents is 1. The largest absolute Gasteiger partial charge is 0.506 e. The van der Waals surface area contributed by atoms with Crippen LogP contribution in [0.2, 0.25) is 0 Å². The summed E-state index contributed by atoms with van der Waals surface area (Å²) < 4.78 is 19.8. The zero-order valence-corrected chi connectivity index (χ0v) is 28.4. The Balaban J connectivity index is 1.46. The van der Waals surface area contributed by atoms with Crippen molar-refractivity contribution in [1.82, 2.24) is 19.7 Å². The Kier molecular flexibility index (Phi) is 14.0. The van der Waals surface area contributed by atoms with E-state index >= 15 is 0 Å². The van der Waals surface area contributed by atoms with Gasteiger partial charge in [0.2, 0.25) is 5.91 Å². The van der Waals surface area contributed by atoms with Crippen molar-refractivity contribution < 1.29 is 28.9 Å². The molecule has 2 amide bonds. The van der Waals surface area contributed by atoms with Gasteiger partial charge in [0.1, 0.15) is 17.1 Å². The Morgan fingerprint density at radius 2 is 1.62 bits per heavy atom. The van der Waals surface area contributed by atoms with E-state index in [1.165, 1.54) is 23.1 Å². The van der Waals surface area contributed by atoms with Crippen molar-refractivity contribution in [3.8, 4) is 5.75 Å². The molecule has 0 saturated heterocycles. The van der Waals surface area contributed by atoms with Crippen molar-refractivity contribution >= 4 is 33.6 Å². The molecular weight excluding hydrogens is 635 g/mol. The number of hydrogen-bond donors (Lipinski definition) is 3. The van der Waals surface area contributed by atoms with Gasteiger partial charge in [0.25, 0.3) is 0 Å². The highest BCUT2D eigenvalue weighted by Gasteiger charge is 2.25. The minimum Gasteiger partial charge on any atom is -0.506 e. The molecule has 258 valence electrons. The molecule has 1 aromatic heterocycles. The maximum Gasteiger partial charge on any atom is 0.407 e. The van der Waals surface area contributed by atoms with E-state index in [1.54, 1.807) is 17.0 Å². The average molecular weight is 681 g/mol. The van der Waals surface area contributed by atoms with Gasteiger partial charge >= 0.3 is 11.0 Å². The fourth-order valence-electron chi connectivity index (χ4n) is 5.77. The number of benzene rings is 3. The van der Waals surface area contributed by atoms with Gasteiger partial charge in [-0.25, -0.2) is 9.18 Å². The third kappa shape index (κ3) is 10.6. The van der Waals surface area contributed by atoms with Crippen LogP contribution in [0.25, 0.3) is 10.2 Å². The highest BCUT2D eigenvalue weighted by molar-refractivity contribution is 7.16. The number of amides is 2. The normalized spacial score (nSPS) is 12.0. The number of fused-ring (bicyclic) bond motifs is 1. The molecule has 3 N–H and O–H groups in total. The standard InChI is InChI=1S/C36H45FN4O6S/c1-3-39(4-2)17-18-40(32(43)16-22-47-21-15-27-11-8-12-29(37)24-27)19-20-41(36(45)46)25-28(23-26-9-6-5-7-10-26)30-13-14-31(42)33-34(30)48-35(44)38-33/h5-14,24,28,42H,3-4,15-23,25H2,1-2H3,(H,38,44)(H,45,46). The van der Waals surface area contributed by atoms with E-state index in [-0.39, 0.29) is 60.9 Å². The lowest BCUT2D eigenvalue weighted by Gasteiger charge is -2.31. The summed E-state index contributed by atoms with van der Waals surface area (Å²) in [5, 5.41) is 20.7. The summed E-state index contributed by atoms with van der Waals surface area (Å²) in [5.74, 6) is -0.798. The molecular formula is C36H45FN4O6S. The number of halogens is 1. The first-order chi connectivity index (χ1) is 23.2. The van der Waals surface area contributed by atoms with Gasteiger partial charge in [-0.1, -0.05) is 73.7 Å². The van der Waals surface area contributed by atoms with E-state index in [4.69, 9.17) is 4.74 Å². The van der Waals surface area contributed by atoms with E-state index in [1.807, 2.05) is 36.4 Å². The summed E-state index contributed by atoms with van der Waals surface area (Å²) in [4.78, 5) is 46.0. The lowest BCUT2D eigenvalue weighted by atomic mass is 9.91. The van der Waals surface area contributed by atoms with E-state index < -0.39 is 6.09 Å². The Hall–Kier alpha value is -4.26. The number of phenols is 1. The van der Waals surface area contributed by atoms with Crippen LogP contribution in [-0.2, 0) is 22.4 Å². The van der Waals surface area contributed by atoms with Crippen LogP contribution in [0.4, 0.5) is 9.18 Å². The molecule has 0 radical (unpaired) electrons. The van der Waals surface area contributed by atoms with Crippen LogP contribution in [0.5, 0.6) is 5.75 Å². The third-order valence-electron chi connectivity index (χ3n) is 8.52. The number of H-pyrrole nitrogens is 1. The molecule has 0 spiro atoms. The summed E-state index contributed by atoms with van der Waals surface area (Å²) in [6, 6.07) is 19.3. The first-order valence-electron chi connectivity index (χ1n) is 16.4. The monoisotopic (exact) mass is 680 g/mol. The average Bonchev–Trinajstić information content (AvgIpc) is 3.48. The number of thiazole rings is 1. The topological polar surface area (TPSA) is 126 Å². The molecule has 48 heavy (non-hydrogen) atoms. The Bertz CT molecular complexity index is 1680. The Labute approximate surface area is 284 Å². The zero-order valence-electron chi connectivity index (χ0n) is 27.6. The first-order valence-corrected chi connectivity index (χ1v) is 17.2. The number of rotatable bonds is 19. The molecule has 0 aliphatic rings. The molecule has 0 saturated carbocycles. The minimum atomic E-state index is -1.11. The van der Waals surface area contributed by atoms with E-state index in [0.717, 1.165) is 41.1 Å². The van der Waals surface area contributed by atoms with Crippen molar-refractivity contribution in [2.75, 3.05) is 59.0 Å². The summed E-state index contributed by atoms with van der Waals surface area (Å²) in [6.07, 6.45) is 0.0709. The molecule has 0 bridgehead atoms. The lowest BCUT2D eigenvalue weighted by molar-refractivity contribution is -0.132. The quantitative estimate of drug-likeness (QED) is 0.111. The number of hydrogen-bond acceptors (Lipinski definition) is 7. The molecule has 3 aromatic carbocycles. The van der Waals surface area contributed by atoms with Crippen LogP contribution in [-0.4, -0.2) is 101 Å². The van der Waals surface area contributed by atoms with E-state index in [2.05, 4.69) is 23.7 Å². The molecule has 4 aromatic rings. The number of carboxylic acid groups (broad SMARTS) is 1. The van der Waals surface area contributed by atoms with Crippen molar-refractivity contribution in [1.29, 1.82) is 0 Å². The molecule has 12 heteroatoms. The molecule has 0 aliphatic carbocycles. The van der Waals surface area contributed by atoms with E-state index in [0.29, 0.717) is 42.8 Å². The van der Waals surface area contributed by atoms with Gasteiger partial charge in [0.15, 0.2) is 0 Å². The smallest absolute Gasteiger partial charge is 0.407 e. The van der Waals surface area contributed by atoms with Crippen LogP contribution in [0.1, 0.15) is 42.9 Å². The number of carbonyl (C=O) groups excluding carboxylic acids is 1. The van der Waals surface area contributed by atoms with E-state index in [9.17, 15) is 29.0 Å². The number of aromatic hydroxyl groups is 1. The van der Waals surface area contributed by atoms with Crippen LogP contribution >= 0.6 is 11.3 Å². The lowest BCUT2D eigenvalue weighted by Crippen LogP contribution is -2.45. The second-order valence-corrected chi connectivity index (χ2v) is 12.6. The first kappa shape index (κ1) is 36.6. The zero-order chi connectivity index (χ0) is 34.5. The predicted octanol–water partition coefficient (Wildman–Crippen LogP) is 5.56. The highest BCUT2D eigenvalue weighted by atomic mass is 32.1. The number of likely N-dealkylation sites (N-methyl/N-ethyl adjacent to an activating group) is 1. The van der Waals surface area contributed by atoms with Gasteiger partial charge in [-0.05, 0) is 60.8 Å². The fourth-order valence-corrected chi connectivity index (χ4v) is 6.72. The van der Waals surface area contributed by atoms with Gasteiger partial charge < -0.3 is 34.6 Å². The number of aromatic nitrogens is 1. The third-order valence-corrected chi connectivity index (χ3v) is 9.45. The van der Waals surface area contributed by atoms with Gasteiger partial charge in [-0.3, -0.25) is 9.59 Å². The van der Waals surface area contributed by atoms with Crippen molar-refractivity contribution in [2.24, 2.45) is 0 Å². The Morgan fingerprint density at radius 1 is 0.917 bits per heavy atom. The summed E-state index contributed by atoms with van der Waals surface area (Å²) in [7, 11) is 0. The maximum absolute atomic E-state index is 13.5. The van der Waals surface area contributed by atoms with Crippen LogP contribution in [0, 0.1) is 5.82 Å². The number of nitrogens with one attached hydrogen (secondary N) is 1.